The van der Waals surface area contributed by atoms with Gasteiger partial charge in [-0.25, -0.2) is 9.37 Å². The van der Waals surface area contributed by atoms with E-state index < -0.39 is 0 Å². The van der Waals surface area contributed by atoms with Crippen molar-refractivity contribution < 1.29 is 9.18 Å². The molecular weight excluding hydrogens is 323 g/mol. The fraction of sp³-hybridized carbons (Fsp3) is 0.588. The van der Waals surface area contributed by atoms with E-state index in [2.05, 4.69) is 25.9 Å². The molecule has 1 amide bonds. The van der Waals surface area contributed by atoms with Gasteiger partial charge in [0, 0.05) is 37.9 Å². The molecule has 1 unspecified atom stereocenters. The molecule has 3 N–H and O–H groups in total. The largest absolute Gasteiger partial charge is 0.352 e. The molecule has 8 heteroatoms. The smallest absolute Gasteiger partial charge is 0.239 e. The van der Waals surface area contributed by atoms with E-state index in [1.165, 1.54) is 6.07 Å². The number of carbonyl (C=O) groups is 1. The maximum absolute atomic E-state index is 13.8. The van der Waals surface area contributed by atoms with Crippen molar-refractivity contribution in [1.29, 1.82) is 0 Å². The first kappa shape index (κ1) is 19.0. The normalized spacial score (nSPS) is 18.2. The highest BCUT2D eigenvalue weighted by Gasteiger charge is 2.26. The zero-order valence-corrected chi connectivity index (χ0v) is 15.3. The molecule has 1 aromatic heterocycles. The van der Waals surface area contributed by atoms with Crippen molar-refractivity contribution in [2.45, 2.75) is 38.8 Å². The first-order valence-corrected chi connectivity index (χ1v) is 8.42. The fourth-order valence-corrected chi connectivity index (χ4v) is 2.69. The van der Waals surface area contributed by atoms with Gasteiger partial charge < -0.3 is 20.9 Å². The Bertz CT molecular complexity index is 628. The van der Waals surface area contributed by atoms with E-state index in [0.29, 0.717) is 24.9 Å². The highest BCUT2D eigenvalue weighted by molar-refractivity contribution is 5.86. The summed E-state index contributed by atoms with van der Waals surface area (Å²) < 4.78 is 13.8. The van der Waals surface area contributed by atoms with Crippen molar-refractivity contribution in [3.63, 3.8) is 0 Å². The molecule has 0 saturated carbocycles. The first-order valence-electron chi connectivity index (χ1n) is 8.42. The Morgan fingerprint density at radius 2 is 2.24 bits per heavy atom. The minimum Gasteiger partial charge on any atom is -0.352 e. The lowest BCUT2D eigenvalue weighted by atomic mass is 10.1. The third-order valence-electron chi connectivity index (χ3n) is 3.72. The number of halogens is 1. The Labute approximate surface area is 148 Å². The quantitative estimate of drug-likeness (QED) is 0.555. The van der Waals surface area contributed by atoms with Crippen LogP contribution in [0.1, 0.15) is 27.2 Å². The molecule has 1 aromatic rings. The molecule has 2 heterocycles. The van der Waals surface area contributed by atoms with Crippen molar-refractivity contribution in [3.05, 3.63) is 24.1 Å². The van der Waals surface area contributed by atoms with Crippen molar-refractivity contribution >= 4 is 17.7 Å². The van der Waals surface area contributed by atoms with Gasteiger partial charge in [0.1, 0.15) is 0 Å². The van der Waals surface area contributed by atoms with Gasteiger partial charge in [-0.05, 0) is 39.3 Å². The van der Waals surface area contributed by atoms with E-state index in [0.717, 1.165) is 6.42 Å². The van der Waals surface area contributed by atoms with Crippen LogP contribution in [0, 0.1) is 5.82 Å². The van der Waals surface area contributed by atoms with Crippen molar-refractivity contribution in [3.8, 4) is 0 Å². The highest BCUT2D eigenvalue weighted by Crippen LogP contribution is 2.20. The van der Waals surface area contributed by atoms with E-state index in [-0.39, 0.29) is 29.8 Å². The number of rotatable bonds is 4. The molecule has 0 spiro atoms. The monoisotopic (exact) mass is 350 g/mol. The van der Waals surface area contributed by atoms with E-state index in [4.69, 9.17) is 0 Å². The van der Waals surface area contributed by atoms with Gasteiger partial charge in [0.05, 0.1) is 6.54 Å². The number of guanidine groups is 1. The molecule has 7 nitrogen and oxygen atoms in total. The summed E-state index contributed by atoms with van der Waals surface area (Å²) in [6, 6.07) is 3.11. The molecule has 2 rings (SSSR count). The number of aliphatic imine (C=N–C) groups is 1. The van der Waals surface area contributed by atoms with Crippen molar-refractivity contribution in [2.24, 2.45) is 4.99 Å². The summed E-state index contributed by atoms with van der Waals surface area (Å²) in [7, 11) is 1.65. The summed E-state index contributed by atoms with van der Waals surface area (Å²) in [6.07, 6.45) is 2.43. The number of hydrogen-bond acceptors (Lipinski definition) is 4. The molecule has 138 valence electrons. The SMILES string of the molecule is CN=C(NCC(=O)NC(C)(C)C)NC1CCN(c2ncccc2F)C1. The molecule has 0 radical (unpaired) electrons. The lowest BCUT2D eigenvalue weighted by Crippen LogP contribution is -2.50. The lowest BCUT2D eigenvalue weighted by molar-refractivity contribution is -0.121. The average Bonchev–Trinajstić information content (AvgIpc) is 2.98. The number of hydrogen-bond donors (Lipinski definition) is 3. The Balaban J connectivity index is 1.83. The summed E-state index contributed by atoms with van der Waals surface area (Å²) in [6.45, 7) is 7.28. The molecule has 1 saturated heterocycles. The molecular formula is C17H27FN6O. The molecule has 1 aliphatic heterocycles. The highest BCUT2D eigenvalue weighted by atomic mass is 19.1. The molecule has 0 bridgehead atoms. The molecule has 1 atom stereocenters. The summed E-state index contributed by atoms with van der Waals surface area (Å²) in [5.41, 5.74) is -0.269. The molecule has 1 aliphatic rings. The summed E-state index contributed by atoms with van der Waals surface area (Å²) in [5.74, 6) is 0.514. The van der Waals surface area contributed by atoms with E-state index in [9.17, 15) is 9.18 Å². The van der Waals surface area contributed by atoms with Crippen LogP contribution in [0.3, 0.4) is 0 Å². The summed E-state index contributed by atoms with van der Waals surface area (Å²) in [4.78, 5) is 22.0. The molecule has 0 aromatic carbocycles. The van der Waals surface area contributed by atoms with Crippen LogP contribution in [-0.4, -0.2) is 55.1 Å². The van der Waals surface area contributed by atoms with Crippen LogP contribution in [0.5, 0.6) is 0 Å². The predicted octanol–water partition coefficient (Wildman–Crippen LogP) is 0.879. The van der Waals surface area contributed by atoms with Gasteiger partial charge in [0.15, 0.2) is 17.6 Å². The van der Waals surface area contributed by atoms with E-state index in [1.54, 1.807) is 19.3 Å². The predicted molar refractivity (Wildman–Crippen MR) is 97.2 cm³/mol. The molecule has 1 fully saturated rings. The minimum atomic E-state index is -0.315. The fourth-order valence-electron chi connectivity index (χ4n) is 2.69. The Kier molecular flexibility index (Phi) is 6.17. The van der Waals surface area contributed by atoms with Crippen LogP contribution < -0.4 is 20.9 Å². The zero-order valence-electron chi connectivity index (χ0n) is 15.3. The summed E-state index contributed by atoms with van der Waals surface area (Å²) in [5, 5.41) is 9.16. The van der Waals surface area contributed by atoms with Crippen molar-refractivity contribution in [1.82, 2.24) is 20.9 Å². The zero-order chi connectivity index (χ0) is 18.4. The lowest BCUT2D eigenvalue weighted by Gasteiger charge is -2.22. The van der Waals surface area contributed by atoms with Crippen LogP contribution >= 0.6 is 0 Å². The van der Waals surface area contributed by atoms with Crippen LogP contribution in [0.4, 0.5) is 10.2 Å². The topological polar surface area (TPSA) is 81.6 Å². The standard InChI is InChI=1S/C17H27FN6O/c1-17(2,3)23-14(25)10-21-16(19-4)22-12-7-9-24(11-12)15-13(18)6-5-8-20-15/h5-6,8,12H,7,9-11H2,1-4H3,(H,23,25)(H2,19,21,22). The Hall–Kier alpha value is -2.38. The maximum Gasteiger partial charge on any atom is 0.239 e. The van der Waals surface area contributed by atoms with Crippen LogP contribution in [0.2, 0.25) is 0 Å². The second-order valence-corrected chi connectivity index (χ2v) is 7.11. The van der Waals surface area contributed by atoms with Gasteiger partial charge in [-0.1, -0.05) is 0 Å². The van der Waals surface area contributed by atoms with Gasteiger partial charge in [-0.2, -0.15) is 0 Å². The second-order valence-electron chi connectivity index (χ2n) is 7.11. The van der Waals surface area contributed by atoms with E-state index >= 15 is 0 Å². The van der Waals surface area contributed by atoms with E-state index in [1.807, 2.05) is 25.7 Å². The second kappa shape index (κ2) is 8.13. The number of nitrogens with zero attached hydrogens (tertiary/aromatic N) is 3. The van der Waals surface area contributed by atoms with Crippen LogP contribution in [-0.2, 0) is 4.79 Å². The number of pyridine rings is 1. The third kappa shape index (κ3) is 5.88. The number of nitrogens with one attached hydrogen (secondary N) is 3. The number of anilines is 1. The van der Waals surface area contributed by atoms with Gasteiger partial charge in [-0.15, -0.1) is 0 Å². The van der Waals surface area contributed by atoms with Crippen LogP contribution in [0.15, 0.2) is 23.3 Å². The van der Waals surface area contributed by atoms with Gasteiger partial charge in [-0.3, -0.25) is 9.79 Å². The van der Waals surface area contributed by atoms with Gasteiger partial charge in [0.25, 0.3) is 0 Å². The maximum atomic E-state index is 13.8. The number of amides is 1. The van der Waals surface area contributed by atoms with Crippen molar-refractivity contribution in [2.75, 3.05) is 31.6 Å². The third-order valence-corrected chi connectivity index (χ3v) is 3.72. The van der Waals surface area contributed by atoms with Gasteiger partial charge in [0.2, 0.25) is 5.91 Å². The minimum absolute atomic E-state index is 0.0981. The molecule has 25 heavy (non-hydrogen) atoms. The number of aromatic nitrogens is 1. The van der Waals surface area contributed by atoms with Gasteiger partial charge >= 0.3 is 0 Å². The average molecular weight is 350 g/mol. The summed E-state index contributed by atoms with van der Waals surface area (Å²) >= 11 is 0. The number of carbonyl (C=O) groups excluding carboxylic acids is 1. The Morgan fingerprint density at radius 3 is 2.88 bits per heavy atom. The first-order chi connectivity index (χ1) is 11.8. The molecule has 0 aliphatic carbocycles. The van der Waals surface area contributed by atoms with Crippen LogP contribution in [0.25, 0.3) is 0 Å². The Morgan fingerprint density at radius 1 is 1.48 bits per heavy atom.